The van der Waals surface area contributed by atoms with Crippen molar-refractivity contribution >= 4 is 15.9 Å². The summed E-state index contributed by atoms with van der Waals surface area (Å²) in [5.41, 5.74) is 11.5. The maximum absolute atomic E-state index is 12.2. The smallest absolute Gasteiger partial charge is 0.240 e. The summed E-state index contributed by atoms with van der Waals surface area (Å²) in [5, 5.41) is 0. The number of hydrogen-bond acceptors (Lipinski definition) is 4. The van der Waals surface area contributed by atoms with Gasteiger partial charge in [-0.15, -0.1) is 0 Å². The van der Waals surface area contributed by atoms with Gasteiger partial charge in [0.1, 0.15) is 0 Å². The molecule has 0 spiro atoms. The minimum atomic E-state index is -3.67. The minimum Gasteiger partial charge on any atom is -0.369 e. The van der Waals surface area contributed by atoms with E-state index in [-0.39, 0.29) is 11.4 Å². The zero-order chi connectivity index (χ0) is 15.6. The molecule has 0 saturated carbocycles. The van der Waals surface area contributed by atoms with E-state index in [1.807, 2.05) is 0 Å². The summed E-state index contributed by atoms with van der Waals surface area (Å²) in [6.45, 7) is 5.27. The van der Waals surface area contributed by atoms with Crippen molar-refractivity contribution in [1.82, 2.24) is 4.72 Å². The summed E-state index contributed by atoms with van der Waals surface area (Å²) in [4.78, 5) is 11.3. The second-order valence-electron chi connectivity index (χ2n) is 5.37. The molecule has 0 aliphatic heterocycles. The highest BCUT2D eigenvalue weighted by atomic mass is 32.2. The first kappa shape index (κ1) is 16.6. The first-order chi connectivity index (χ1) is 9.10. The van der Waals surface area contributed by atoms with Crippen molar-refractivity contribution in [1.29, 1.82) is 0 Å². The molecule has 0 saturated heterocycles. The fourth-order valence-corrected chi connectivity index (χ4v) is 2.81. The number of primary amides is 1. The van der Waals surface area contributed by atoms with E-state index in [2.05, 4.69) is 4.72 Å². The van der Waals surface area contributed by atoms with E-state index >= 15 is 0 Å². The van der Waals surface area contributed by atoms with E-state index in [4.69, 9.17) is 11.5 Å². The van der Waals surface area contributed by atoms with Gasteiger partial charge in [0, 0.05) is 13.1 Å². The van der Waals surface area contributed by atoms with Crippen molar-refractivity contribution in [2.75, 3.05) is 6.54 Å². The van der Waals surface area contributed by atoms with Gasteiger partial charge in [0.2, 0.25) is 15.9 Å². The first-order valence-electron chi connectivity index (χ1n) is 6.19. The molecule has 1 amide bonds. The lowest BCUT2D eigenvalue weighted by Gasteiger charge is -2.20. The molecule has 0 heterocycles. The Labute approximate surface area is 119 Å². The van der Waals surface area contributed by atoms with E-state index in [9.17, 15) is 13.2 Å². The topological polar surface area (TPSA) is 115 Å². The van der Waals surface area contributed by atoms with Gasteiger partial charge in [-0.25, -0.2) is 13.1 Å². The summed E-state index contributed by atoms with van der Waals surface area (Å²) in [6, 6.07) is 4.74. The van der Waals surface area contributed by atoms with Crippen molar-refractivity contribution in [3.05, 3.63) is 29.3 Å². The summed E-state index contributed by atoms with van der Waals surface area (Å²) in [5.74, 6) is -0.560. The van der Waals surface area contributed by atoms with Gasteiger partial charge in [-0.3, -0.25) is 4.79 Å². The number of rotatable bonds is 6. The highest BCUT2D eigenvalue weighted by molar-refractivity contribution is 7.89. The van der Waals surface area contributed by atoms with Gasteiger partial charge in [-0.05, 0) is 44.0 Å². The predicted molar refractivity (Wildman–Crippen MR) is 77.2 cm³/mol. The Kier molecular flexibility index (Phi) is 4.90. The highest BCUT2D eigenvalue weighted by Crippen LogP contribution is 2.17. The molecular formula is C13H21N3O3S. The average molecular weight is 299 g/mol. The Morgan fingerprint density at radius 3 is 2.40 bits per heavy atom. The quantitative estimate of drug-likeness (QED) is 0.698. The zero-order valence-corrected chi connectivity index (χ0v) is 12.8. The predicted octanol–water partition coefficient (Wildman–Crippen LogP) is 0.244. The molecule has 5 N–H and O–H groups in total. The van der Waals surface area contributed by atoms with Crippen molar-refractivity contribution in [3.63, 3.8) is 0 Å². The van der Waals surface area contributed by atoms with Crippen LogP contribution in [0.1, 0.15) is 25.0 Å². The molecule has 0 unspecified atom stereocenters. The van der Waals surface area contributed by atoms with Gasteiger partial charge in [0.25, 0.3) is 0 Å². The van der Waals surface area contributed by atoms with E-state index < -0.39 is 21.3 Å². The molecule has 0 radical (unpaired) electrons. The monoisotopic (exact) mass is 299 g/mol. The van der Waals surface area contributed by atoms with Gasteiger partial charge in [-0.1, -0.05) is 6.07 Å². The van der Waals surface area contributed by atoms with E-state index in [1.54, 1.807) is 32.9 Å². The number of nitrogens with two attached hydrogens (primary N) is 2. The first-order valence-corrected chi connectivity index (χ1v) is 7.67. The number of amides is 1. The van der Waals surface area contributed by atoms with Gasteiger partial charge in [-0.2, -0.15) is 0 Å². The van der Waals surface area contributed by atoms with Crippen LogP contribution in [-0.4, -0.2) is 20.9 Å². The van der Waals surface area contributed by atoms with Crippen LogP contribution in [0.2, 0.25) is 0 Å². The number of nitrogens with one attached hydrogen (secondary N) is 1. The van der Waals surface area contributed by atoms with E-state index in [0.717, 1.165) is 11.1 Å². The second kappa shape index (κ2) is 5.90. The highest BCUT2D eigenvalue weighted by Gasteiger charge is 2.27. The molecule has 112 valence electrons. The third-order valence-corrected chi connectivity index (χ3v) is 4.61. The van der Waals surface area contributed by atoms with Gasteiger partial charge in [0.05, 0.1) is 10.3 Å². The minimum absolute atomic E-state index is 0.0532. The number of carbonyl (C=O) groups is 1. The number of sulfonamides is 1. The lowest BCUT2D eigenvalue weighted by molar-refractivity contribution is -0.125. The van der Waals surface area contributed by atoms with Crippen LogP contribution in [0.4, 0.5) is 0 Å². The third-order valence-electron chi connectivity index (χ3n) is 3.22. The molecule has 7 heteroatoms. The Hall–Kier alpha value is -1.44. The van der Waals surface area contributed by atoms with Crippen LogP contribution in [-0.2, 0) is 21.4 Å². The molecule has 1 aromatic rings. The molecule has 6 nitrogen and oxygen atoms in total. The Morgan fingerprint density at radius 2 is 1.95 bits per heavy atom. The van der Waals surface area contributed by atoms with Crippen LogP contribution in [0.15, 0.2) is 23.1 Å². The molecule has 0 aliphatic carbocycles. The van der Waals surface area contributed by atoms with Crippen LogP contribution < -0.4 is 16.2 Å². The third kappa shape index (κ3) is 3.78. The molecule has 20 heavy (non-hydrogen) atoms. The van der Waals surface area contributed by atoms with Crippen LogP contribution >= 0.6 is 0 Å². The number of hydrogen-bond donors (Lipinski definition) is 3. The number of carbonyl (C=O) groups excluding carboxylic acids is 1. The van der Waals surface area contributed by atoms with Crippen molar-refractivity contribution < 1.29 is 13.2 Å². The standard InChI is InChI=1S/C13H21N3O3S/c1-9-6-11(5-4-10(9)7-14)20(18,19)16-8-13(2,3)12(15)17/h4-6,16H,7-8,14H2,1-3H3,(H2,15,17). The summed E-state index contributed by atoms with van der Waals surface area (Å²) < 4.78 is 26.7. The Balaban J connectivity index is 2.95. The Morgan fingerprint density at radius 1 is 1.35 bits per heavy atom. The average Bonchev–Trinajstić information content (AvgIpc) is 2.36. The molecule has 0 atom stereocenters. The maximum atomic E-state index is 12.2. The molecule has 1 rings (SSSR count). The van der Waals surface area contributed by atoms with Crippen LogP contribution in [0, 0.1) is 12.3 Å². The lowest BCUT2D eigenvalue weighted by Crippen LogP contribution is -2.42. The van der Waals surface area contributed by atoms with E-state index in [0.29, 0.717) is 6.54 Å². The number of aryl methyl sites for hydroxylation is 1. The molecule has 0 aromatic heterocycles. The normalized spacial score (nSPS) is 12.4. The largest absolute Gasteiger partial charge is 0.369 e. The second-order valence-corrected chi connectivity index (χ2v) is 7.13. The van der Waals surface area contributed by atoms with Gasteiger partial charge in [0.15, 0.2) is 0 Å². The lowest BCUT2D eigenvalue weighted by atomic mass is 9.93. The molecule has 0 aliphatic rings. The SMILES string of the molecule is Cc1cc(S(=O)(=O)NCC(C)(C)C(N)=O)ccc1CN. The molecule has 1 aromatic carbocycles. The van der Waals surface area contributed by atoms with Crippen molar-refractivity contribution in [2.45, 2.75) is 32.2 Å². The summed E-state index contributed by atoms with van der Waals surface area (Å²) >= 11 is 0. The zero-order valence-electron chi connectivity index (χ0n) is 11.9. The maximum Gasteiger partial charge on any atom is 0.240 e. The van der Waals surface area contributed by atoms with Crippen LogP contribution in [0.5, 0.6) is 0 Å². The summed E-state index contributed by atoms with van der Waals surface area (Å²) in [7, 11) is -3.67. The Bertz CT molecular complexity index is 609. The van der Waals surface area contributed by atoms with Crippen LogP contribution in [0.25, 0.3) is 0 Å². The fraction of sp³-hybridized carbons (Fsp3) is 0.462. The fourth-order valence-electron chi connectivity index (χ4n) is 1.51. The van der Waals surface area contributed by atoms with Gasteiger partial charge < -0.3 is 11.5 Å². The summed E-state index contributed by atoms with van der Waals surface area (Å²) in [6.07, 6.45) is 0. The van der Waals surface area contributed by atoms with Crippen molar-refractivity contribution in [3.8, 4) is 0 Å². The molecule has 0 bridgehead atoms. The van der Waals surface area contributed by atoms with Crippen molar-refractivity contribution in [2.24, 2.45) is 16.9 Å². The van der Waals surface area contributed by atoms with E-state index in [1.165, 1.54) is 6.07 Å². The van der Waals surface area contributed by atoms with Gasteiger partial charge >= 0.3 is 0 Å². The molecule has 0 fully saturated rings. The molecular weight excluding hydrogens is 278 g/mol. The number of benzene rings is 1. The van der Waals surface area contributed by atoms with Crippen LogP contribution in [0.3, 0.4) is 0 Å².